The van der Waals surface area contributed by atoms with Gasteiger partial charge < -0.3 is 4.74 Å². The fourth-order valence-corrected chi connectivity index (χ4v) is 6.47. The van der Waals surface area contributed by atoms with Crippen molar-refractivity contribution in [1.82, 2.24) is 0 Å². The first kappa shape index (κ1) is 19.4. The summed E-state index contributed by atoms with van der Waals surface area (Å²) < 4.78 is 6.91. The van der Waals surface area contributed by atoms with Crippen LogP contribution in [0.4, 0.5) is 0 Å². The van der Waals surface area contributed by atoms with Gasteiger partial charge in [-0.3, -0.25) is 0 Å². The molecular weight excluding hydrogens is 438 g/mol. The van der Waals surface area contributed by atoms with Gasteiger partial charge in [-0.05, 0) is 45.2 Å². The van der Waals surface area contributed by atoms with Crippen molar-refractivity contribution in [1.29, 1.82) is 5.26 Å². The average molecular weight is 458 g/mol. The molecular formula is C34H19NO. The Morgan fingerprint density at radius 3 is 1.78 bits per heavy atom. The number of benzene rings is 6. The molecule has 0 bridgehead atoms. The fourth-order valence-electron chi connectivity index (χ4n) is 6.47. The Bertz CT molecular complexity index is 1860. The van der Waals surface area contributed by atoms with E-state index in [9.17, 15) is 5.26 Å². The Kier molecular flexibility index (Phi) is 3.69. The molecule has 1 spiro atoms. The lowest BCUT2D eigenvalue weighted by Crippen LogP contribution is -2.32. The molecule has 1 aliphatic carbocycles. The standard InChI is InChI=1S/C34H19NO/c35-20-21-13-16-27-26-11-5-6-12-28(26)34(31(27)19-21)29-17-14-22-7-1-3-9-24(22)32(29)36-33-25-10-4-2-8-23(25)15-18-30(33)34/h1-19H. The van der Waals surface area contributed by atoms with Crippen LogP contribution in [-0.4, -0.2) is 0 Å². The minimum absolute atomic E-state index is 0.588. The quantitative estimate of drug-likeness (QED) is 0.229. The molecule has 2 aliphatic rings. The molecule has 1 aliphatic heterocycles. The number of hydrogen-bond acceptors (Lipinski definition) is 2. The van der Waals surface area contributed by atoms with Crippen molar-refractivity contribution in [2.24, 2.45) is 0 Å². The van der Waals surface area contributed by atoms with E-state index in [2.05, 4.69) is 115 Å². The predicted octanol–water partition coefficient (Wildman–Crippen LogP) is 8.33. The van der Waals surface area contributed by atoms with Gasteiger partial charge >= 0.3 is 0 Å². The van der Waals surface area contributed by atoms with E-state index in [0.29, 0.717) is 5.56 Å². The first-order valence-corrected chi connectivity index (χ1v) is 12.2. The van der Waals surface area contributed by atoms with Crippen LogP contribution >= 0.6 is 0 Å². The first-order valence-electron chi connectivity index (χ1n) is 12.2. The van der Waals surface area contributed by atoms with E-state index in [4.69, 9.17) is 4.74 Å². The van der Waals surface area contributed by atoms with E-state index in [1.165, 1.54) is 16.7 Å². The highest BCUT2D eigenvalue weighted by Crippen LogP contribution is 2.63. The third-order valence-electron chi connectivity index (χ3n) is 7.95. The van der Waals surface area contributed by atoms with Crippen LogP contribution in [0, 0.1) is 11.3 Å². The summed E-state index contributed by atoms with van der Waals surface area (Å²) in [5, 5.41) is 14.3. The molecule has 36 heavy (non-hydrogen) atoms. The van der Waals surface area contributed by atoms with E-state index >= 15 is 0 Å². The van der Waals surface area contributed by atoms with Gasteiger partial charge in [-0.25, -0.2) is 0 Å². The Labute approximate surface area is 208 Å². The smallest absolute Gasteiger partial charge is 0.140 e. The third-order valence-corrected chi connectivity index (χ3v) is 7.95. The summed E-state index contributed by atoms with van der Waals surface area (Å²) in [5.74, 6) is 1.78. The molecule has 0 unspecified atom stereocenters. The molecule has 0 amide bonds. The van der Waals surface area contributed by atoms with E-state index < -0.39 is 5.41 Å². The zero-order chi connectivity index (χ0) is 23.9. The Hall–Kier alpha value is -4.87. The predicted molar refractivity (Wildman–Crippen MR) is 144 cm³/mol. The number of hydrogen-bond donors (Lipinski definition) is 0. The second kappa shape index (κ2) is 6.84. The van der Waals surface area contributed by atoms with Gasteiger partial charge in [0.25, 0.3) is 0 Å². The molecule has 0 atom stereocenters. The van der Waals surface area contributed by atoms with Gasteiger partial charge in [-0.1, -0.05) is 103 Å². The van der Waals surface area contributed by atoms with Crippen molar-refractivity contribution in [3.8, 4) is 28.7 Å². The summed E-state index contributed by atoms with van der Waals surface area (Å²) in [6, 6.07) is 42.8. The van der Waals surface area contributed by atoms with Gasteiger partial charge in [-0.15, -0.1) is 0 Å². The molecule has 6 aromatic carbocycles. The van der Waals surface area contributed by atoms with Gasteiger partial charge in [0.1, 0.15) is 11.5 Å². The summed E-state index contributed by atoms with van der Waals surface area (Å²) in [4.78, 5) is 0. The zero-order valence-electron chi connectivity index (χ0n) is 19.3. The molecule has 0 radical (unpaired) electrons. The van der Waals surface area contributed by atoms with Crippen LogP contribution in [-0.2, 0) is 5.41 Å². The SMILES string of the molecule is N#Cc1ccc2c(c1)C1(c3ccccc3-2)c2ccc3ccccc3c2Oc2c1ccc1ccccc21. The van der Waals surface area contributed by atoms with Gasteiger partial charge in [0, 0.05) is 21.9 Å². The third kappa shape index (κ3) is 2.25. The van der Waals surface area contributed by atoms with E-state index in [-0.39, 0.29) is 0 Å². The molecule has 2 heteroatoms. The summed E-state index contributed by atoms with van der Waals surface area (Å²) in [7, 11) is 0. The number of fused-ring (bicyclic) bond motifs is 13. The maximum Gasteiger partial charge on any atom is 0.140 e. The molecule has 1 heterocycles. The molecule has 0 saturated carbocycles. The summed E-state index contributed by atoms with van der Waals surface area (Å²) in [5.41, 5.74) is 7.05. The molecule has 0 N–H and O–H groups in total. The van der Waals surface area contributed by atoms with Crippen molar-refractivity contribution < 1.29 is 4.74 Å². The van der Waals surface area contributed by atoms with Crippen LogP contribution in [0.5, 0.6) is 11.5 Å². The van der Waals surface area contributed by atoms with Gasteiger partial charge in [0.2, 0.25) is 0 Å². The molecule has 0 saturated heterocycles. The van der Waals surface area contributed by atoms with E-state index in [0.717, 1.165) is 49.7 Å². The molecule has 0 fully saturated rings. The summed E-state index contributed by atoms with van der Waals surface area (Å²) in [6.45, 7) is 0. The van der Waals surface area contributed by atoms with Gasteiger partial charge in [0.15, 0.2) is 0 Å². The average Bonchev–Trinajstić information content (AvgIpc) is 3.23. The van der Waals surface area contributed by atoms with E-state index in [1.807, 2.05) is 6.07 Å². The van der Waals surface area contributed by atoms with Crippen molar-refractivity contribution in [3.05, 3.63) is 143 Å². The van der Waals surface area contributed by atoms with Crippen LogP contribution in [0.15, 0.2) is 115 Å². The largest absolute Gasteiger partial charge is 0.455 e. The molecule has 0 aromatic heterocycles. The lowest BCUT2D eigenvalue weighted by atomic mass is 9.65. The van der Waals surface area contributed by atoms with Crippen molar-refractivity contribution in [2.75, 3.05) is 0 Å². The van der Waals surface area contributed by atoms with Crippen molar-refractivity contribution in [3.63, 3.8) is 0 Å². The molecule has 166 valence electrons. The van der Waals surface area contributed by atoms with Gasteiger partial charge in [0.05, 0.1) is 17.0 Å². The lowest BCUT2D eigenvalue weighted by molar-refractivity contribution is 0.447. The van der Waals surface area contributed by atoms with Crippen LogP contribution < -0.4 is 4.74 Å². The van der Waals surface area contributed by atoms with Crippen LogP contribution in [0.2, 0.25) is 0 Å². The minimum atomic E-state index is -0.588. The normalized spacial score (nSPS) is 14.0. The minimum Gasteiger partial charge on any atom is -0.455 e. The van der Waals surface area contributed by atoms with Crippen molar-refractivity contribution >= 4 is 21.5 Å². The fraction of sp³-hybridized carbons (Fsp3) is 0.0294. The first-order chi connectivity index (χ1) is 17.8. The number of nitrogens with zero attached hydrogens (tertiary/aromatic N) is 1. The summed E-state index contributed by atoms with van der Waals surface area (Å²) >= 11 is 0. The monoisotopic (exact) mass is 457 g/mol. The second-order valence-corrected chi connectivity index (χ2v) is 9.60. The van der Waals surface area contributed by atoms with Crippen molar-refractivity contribution in [2.45, 2.75) is 5.41 Å². The Balaban J connectivity index is 1.63. The molecule has 2 nitrogen and oxygen atoms in total. The lowest BCUT2D eigenvalue weighted by Gasteiger charge is -2.40. The molecule has 6 aromatic rings. The zero-order valence-corrected chi connectivity index (χ0v) is 19.3. The number of nitriles is 1. The van der Waals surface area contributed by atoms with Crippen LogP contribution in [0.1, 0.15) is 27.8 Å². The highest BCUT2D eigenvalue weighted by atomic mass is 16.5. The second-order valence-electron chi connectivity index (χ2n) is 9.60. The Morgan fingerprint density at radius 1 is 0.528 bits per heavy atom. The maximum absolute atomic E-state index is 9.87. The molecule has 8 rings (SSSR count). The van der Waals surface area contributed by atoms with Crippen LogP contribution in [0.25, 0.3) is 32.7 Å². The van der Waals surface area contributed by atoms with Crippen LogP contribution in [0.3, 0.4) is 0 Å². The highest BCUT2D eigenvalue weighted by molar-refractivity contribution is 5.99. The maximum atomic E-state index is 9.87. The van der Waals surface area contributed by atoms with Gasteiger partial charge in [-0.2, -0.15) is 5.26 Å². The Morgan fingerprint density at radius 2 is 1.11 bits per heavy atom. The summed E-state index contributed by atoms with van der Waals surface area (Å²) in [6.07, 6.45) is 0. The number of rotatable bonds is 0. The topological polar surface area (TPSA) is 33.0 Å². The highest BCUT2D eigenvalue weighted by Gasteiger charge is 2.51. The van der Waals surface area contributed by atoms with E-state index in [1.54, 1.807) is 0 Å². The number of ether oxygens (including phenoxy) is 1.